The molecule has 0 unspecified atom stereocenters. The maximum atomic E-state index is 12.9. The van der Waals surface area contributed by atoms with Crippen LogP contribution in [-0.2, 0) is 4.79 Å². The number of carbonyl (C=O) groups is 1. The number of aliphatic hydroxyl groups is 1. The van der Waals surface area contributed by atoms with Crippen LogP contribution >= 0.6 is 11.3 Å². The van der Waals surface area contributed by atoms with Crippen LogP contribution in [0, 0.1) is 0 Å². The number of rotatable bonds is 3. The molecule has 0 bridgehead atoms. The fourth-order valence-corrected chi connectivity index (χ4v) is 2.47. The third-order valence-electron chi connectivity index (χ3n) is 2.63. The van der Waals surface area contributed by atoms with Crippen LogP contribution < -0.4 is 5.32 Å². The minimum absolute atomic E-state index is 0.0540. The van der Waals surface area contributed by atoms with Gasteiger partial charge in [0.2, 0.25) is 0 Å². The molecule has 0 radical (unpaired) electrons. The van der Waals surface area contributed by atoms with Gasteiger partial charge in [-0.1, -0.05) is 0 Å². The van der Waals surface area contributed by atoms with Gasteiger partial charge in [0.05, 0.1) is 10.2 Å². The van der Waals surface area contributed by atoms with E-state index in [4.69, 9.17) is 0 Å². The molecule has 10 heteroatoms. The van der Waals surface area contributed by atoms with Crippen LogP contribution in [0.25, 0.3) is 16.3 Å². The zero-order valence-corrected chi connectivity index (χ0v) is 12.2. The topological polar surface area (TPSA) is 62.2 Å². The highest BCUT2D eigenvalue weighted by Gasteiger charge is 2.38. The van der Waals surface area contributed by atoms with Gasteiger partial charge in [-0.05, 0) is 18.2 Å². The lowest BCUT2D eigenvalue weighted by Gasteiger charge is -2.07. The summed E-state index contributed by atoms with van der Waals surface area (Å²) >= 11 is 0.877. The van der Waals surface area contributed by atoms with E-state index >= 15 is 0 Å². The predicted molar refractivity (Wildman–Crippen MR) is 75.5 cm³/mol. The number of hydrogen-bond acceptors (Lipinski definition) is 4. The first-order chi connectivity index (χ1) is 10.5. The first-order valence-electron chi connectivity index (χ1n) is 6.04. The van der Waals surface area contributed by atoms with E-state index in [0.29, 0.717) is 17.1 Å². The SMILES string of the molecule is CC(F)(F)C(O)=Cc1nc2ccc(NC(=O)C(F)(F)F)cc2s1. The van der Waals surface area contributed by atoms with Gasteiger partial charge in [0.15, 0.2) is 5.76 Å². The molecule has 0 saturated carbocycles. The normalized spacial score (nSPS) is 13.4. The second-order valence-electron chi connectivity index (χ2n) is 4.60. The number of alkyl halides is 5. The highest BCUT2D eigenvalue weighted by atomic mass is 32.1. The quantitative estimate of drug-likeness (QED) is 0.638. The molecule has 0 spiro atoms. The molecule has 0 fully saturated rings. The van der Waals surface area contributed by atoms with Crippen LogP contribution in [0.15, 0.2) is 24.0 Å². The molecule has 124 valence electrons. The number of amides is 1. The number of allylic oxidation sites excluding steroid dienone is 1. The summed E-state index contributed by atoms with van der Waals surface area (Å²) in [6.45, 7) is 0.511. The van der Waals surface area contributed by atoms with Gasteiger partial charge in [0.25, 0.3) is 0 Å². The van der Waals surface area contributed by atoms with E-state index in [2.05, 4.69) is 4.98 Å². The predicted octanol–water partition coefficient (Wildman–Crippen LogP) is 4.35. The van der Waals surface area contributed by atoms with Crippen LogP contribution in [0.2, 0.25) is 0 Å². The zero-order valence-electron chi connectivity index (χ0n) is 11.4. The Balaban J connectivity index is 2.30. The van der Waals surface area contributed by atoms with Crippen molar-refractivity contribution >= 4 is 39.2 Å². The van der Waals surface area contributed by atoms with E-state index in [1.165, 1.54) is 18.2 Å². The average molecular weight is 352 g/mol. The van der Waals surface area contributed by atoms with Crippen molar-refractivity contribution in [3.63, 3.8) is 0 Å². The number of carbonyl (C=O) groups excluding carboxylic acids is 1. The Kier molecular flexibility index (Phi) is 4.29. The number of fused-ring (bicyclic) bond motifs is 1. The zero-order chi connectivity index (χ0) is 17.4. The fraction of sp³-hybridized carbons (Fsp3) is 0.231. The monoisotopic (exact) mass is 352 g/mol. The highest BCUT2D eigenvalue weighted by Crippen LogP contribution is 2.29. The number of nitrogens with zero attached hydrogens (tertiary/aromatic N) is 1. The first-order valence-corrected chi connectivity index (χ1v) is 6.86. The summed E-state index contributed by atoms with van der Waals surface area (Å²) in [5.41, 5.74) is 0.225. The molecule has 2 aromatic rings. The van der Waals surface area contributed by atoms with Crippen molar-refractivity contribution in [3.05, 3.63) is 29.0 Å². The molecule has 1 amide bonds. The van der Waals surface area contributed by atoms with Gasteiger partial charge in [-0.25, -0.2) is 4.98 Å². The number of aliphatic hydroxyl groups excluding tert-OH is 1. The minimum Gasteiger partial charge on any atom is -0.506 e. The van der Waals surface area contributed by atoms with Crippen molar-refractivity contribution in [3.8, 4) is 0 Å². The van der Waals surface area contributed by atoms with E-state index in [9.17, 15) is 31.9 Å². The number of nitrogens with one attached hydrogen (secondary N) is 1. The summed E-state index contributed by atoms with van der Waals surface area (Å²) in [6, 6.07) is 3.76. The Labute approximate surface area is 130 Å². The number of benzene rings is 1. The lowest BCUT2D eigenvalue weighted by atomic mass is 10.3. The van der Waals surface area contributed by atoms with Crippen LogP contribution in [0.4, 0.5) is 27.6 Å². The number of halogens is 5. The maximum Gasteiger partial charge on any atom is 0.471 e. The van der Waals surface area contributed by atoms with Crippen molar-refractivity contribution in [1.29, 1.82) is 0 Å². The smallest absolute Gasteiger partial charge is 0.471 e. The summed E-state index contributed by atoms with van der Waals surface area (Å²) in [5.74, 6) is -6.73. The average Bonchev–Trinajstić information content (AvgIpc) is 2.77. The molecule has 1 aromatic carbocycles. The fourth-order valence-electron chi connectivity index (χ4n) is 1.53. The minimum atomic E-state index is -5.02. The van der Waals surface area contributed by atoms with Crippen LogP contribution in [0.3, 0.4) is 0 Å². The molecule has 2 N–H and O–H groups in total. The molecule has 4 nitrogen and oxygen atoms in total. The van der Waals surface area contributed by atoms with Gasteiger partial charge >= 0.3 is 18.0 Å². The van der Waals surface area contributed by atoms with Gasteiger partial charge in [-0.2, -0.15) is 22.0 Å². The van der Waals surface area contributed by atoms with Crippen LogP contribution in [-0.4, -0.2) is 28.1 Å². The van der Waals surface area contributed by atoms with Crippen molar-refractivity contribution in [2.75, 3.05) is 5.32 Å². The van der Waals surface area contributed by atoms with Gasteiger partial charge in [-0.3, -0.25) is 4.79 Å². The molecule has 23 heavy (non-hydrogen) atoms. The summed E-state index contributed by atoms with van der Waals surface area (Å²) in [4.78, 5) is 14.8. The van der Waals surface area contributed by atoms with E-state index in [1.54, 1.807) is 5.32 Å². The van der Waals surface area contributed by atoms with E-state index in [-0.39, 0.29) is 10.7 Å². The molecule has 0 aliphatic carbocycles. The Hall–Kier alpha value is -2.23. The molecule has 0 atom stereocenters. The van der Waals surface area contributed by atoms with Crippen LogP contribution in [0.1, 0.15) is 11.9 Å². The molecule has 0 aliphatic heterocycles. The molecule has 1 aromatic heterocycles. The standard InChI is InChI=1S/C13H9F5N2O2S/c1-12(14,15)9(21)5-10-20-7-3-2-6(4-8(7)23-10)19-11(22)13(16,17)18/h2-5,21H,1H3,(H,19,22). The Morgan fingerprint density at radius 2 is 1.96 bits per heavy atom. The van der Waals surface area contributed by atoms with Crippen molar-refractivity contribution in [2.45, 2.75) is 19.0 Å². The molecular formula is C13H9F5N2O2S. The van der Waals surface area contributed by atoms with Gasteiger partial charge in [0, 0.05) is 18.7 Å². The summed E-state index contributed by atoms with van der Waals surface area (Å²) in [5, 5.41) is 11.0. The number of thiazole rings is 1. The van der Waals surface area contributed by atoms with Gasteiger partial charge in [0.1, 0.15) is 5.01 Å². The Morgan fingerprint density at radius 1 is 1.30 bits per heavy atom. The summed E-state index contributed by atoms with van der Waals surface area (Å²) < 4.78 is 62.7. The summed E-state index contributed by atoms with van der Waals surface area (Å²) in [7, 11) is 0. The Morgan fingerprint density at radius 3 is 2.52 bits per heavy atom. The third-order valence-corrected chi connectivity index (χ3v) is 3.60. The van der Waals surface area contributed by atoms with Gasteiger partial charge < -0.3 is 10.4 Å². The number of anilines is 1. The molecule has 0 aliphatic rings. The maximum absolute atomic E-state index is 12.9. The van der Waals surface area contributed by atoms with Crippen molar-refractivity contribution in [2.24, 2.45) is 0 Å². The first kappa shape index (κ1) is 17.1. The Bertz CT molecular complexity index is 777. The highest BCUT2D eigenvalue weighted by molar-refractivity contribution is 7.19. The lowest BCUT2D eigenvalue weighted by molar-refractivity contribution is -0.167. The number of aromatic nitrogens is 1. The van der Waals surface area contributed by atoms with Crippen molar-refractivity contribution in [1.82, 2.24) is 4.98 Å². The number of hydrogen-bond donors (Lipinski definition) is 2. The summed E-state index contributed by atoms with van der Waals surface area (Å²) in [6.07, 6.45) is -4.24. The second-order valence-corrected chi connectivity index (χ2v) is 5.67. The molecular weight excluding hydrogens is 343 g/mol. The lowest BCUT2D eigenvalue weighted by Crippen LogP contribution is -2.29. The van der Waals surface area contributed by atoms with Crippen LogP contribution in [0.5, 0.6) is 0 Å². The molecule has 2 rings (SSSR count). The molecule has 1 heterocycles. The largest absolute Gasteiger partial charge is 0.506 e. The second kappa shape index (κ2) is 5.76. The van der Waals surface area contributed by atoms with E-state index < -0.39 is 23.8 Å². The third kappa shape index (κ3) is 4.15. The van der Waals surface area contributed by atoms with E-state index in [1.807, 2.05) is 0 Å². The van der Waals surface area contributed by atoms with E-state index in [0.717, 1.165) is 17.4 Å². The van der Waals surface area contributed by atoms with Crippen molar-refractivity contribution < 1.29 is 31.9 Å². The van der Waals surface area contributed by atoms with Gasteiger partial charge in [-0.15, -0.1) is 11.3 Å². The molecule has 0 saturated heterocycles.